The van der Waals surface area contributed by atoms with Crippen LogP contribution in [0.4, 0.5) is 0 Å². The summed E-state index contributed by atoms with van der Waals surface area (Å²) in [5, 5.41) is 4.84. The number of benzene rings is 1. The zero-order valence-electron chi connectivity index (χ0n) is 10.8. The van der Waals surface area contributed by atoms with E-state index in [4.69, 9.17) is 0 Å². The van der Waals surface area contributed by atoms with Crippen molar-refractivity contribution in [3.05, 3.63) is 33.9 Å². The molecule has 0 spiro atoms. The molecule has 4 heteroatoms. The number of likely N-dealkylation sites (N-methyl/N-ethyl adjacent to an activating group) is 1. The minimum Gasteiger partial charge on any atom is -0.358 e. The molecule has 2 aromatic rings. The zero-order valence-corrected chi connectivity index (χ0v) is 12.3. The number of fused-ring (bicyclic) bond motifs is 1. The Bertz CT molecular complexity index is 576. The Balaban J connectivity index is 2.12. The van der Waals surface area contributed by atoms with E-state index in [0.717, 1.165) is 24.1 Å². The number of rotatable bonds is 1. The molecule has 2 N–H and O–H groups in total. The number of aromatic nitrogens is 1. The predicted octanol–water partition coefficient (Wildman–Crippen LogP) is 2.81. The van der Waals surface area contributed by atoms with Crippen LogP contribution in [0.15, 0.2) is 22.7 Å². The third-order valence-corrected chi connectivity index (χ3v) is 4.34. The summed E-state index contributed by atoms with van der Waals surface area (Å²) < 4.78 is 1.12. The van der Waals surface area contributed by atoms with E-state index in [0.29, 0.717) is 6.04 Å². The van der Waals surface area contributed by atoms with Gasteiger partial charge in [0, 0.05) is 46.7 Å². The first-order chi connectivity index (χ1) is 8.66. The van der Waals surface area contributed by atoms with Gasteiger partial charge < -0.3 is 10.3 Å². The van der Waals surface area contributed by atoms with Gasteiger partial charge in [0.2, 0.25) is 0 Å². The Morgan fingerprint density at radius 1 is 1.39 bits per heavy atom. The number of aromatic amines is 1. The highest BCUT2D eigenvalue weighted by molar-refractivity contribution is 9.10. The maximum Gasteiger partial charge on any atom is 0.0494 e. The van der Waals surface area contributed by atoms with Gasteiger partial charge in [-0.1, -0.05) is 22.0 Å². The van der Waals surface area contributed by atoms with Gasteiger partial charge in [0.1, 0.15) is 0 Å². The normalized spacial score (nSPS) is 21.6. The molecule has 1 fully saturated rings. The molecule has 1 aromatic heterocycles. The van der Waals surface area contributed by atoms with E-state index in [-0.39, 0.29) is 0 Å². The van der Waals surface area contributed by atoms with Crippen molar-refractivity contribution in [2.75, 3.05) is 26.7 Å². The van der Waals surface area contributed by atoms with Gasteiger partial charge in [-0.15, -0.1) is 0 Å². The summed E-state index contributed by atoms with van der Waals surface area (Å²) in [5.74, 6) is 0. The molecule has 0 saturated carbocycles. The highest BCUT2D eigenvalue weighted by atomic mass is 79.9. The minimum atomic E-state index is 0.466. The summed E-state index contributed by atoms with van der Waals surface area (Å²) in [6.45, 7) is 5.39. The Hall–Kier alpha value is -0.840. The molecule has 1 saturated heterocycles. The first-order valence-electron chi connectivity index (χ1n) is 6.35. The van der Waals surface area contributed by atoms with E-state index in [1.54, 1.807) is 0 Å². The third kappa shape index (κ3) is 1.98. The summed E-state index contributed by atoms with van der Waals surface area (Å²) in [5.41, 5.74) is 3.94. The van der Waals surface area contributed by atoms with Gasteiger partial charge in [0.25, 0.3) is 0 Å². The quantitative estimate of drug-likeness (QED) is 0.849. The second-order valence-corrected chi connectivity index (χ2v) is 5.97. The SMILES string of the molecule is Cc1[nH]c2cc(Br)ccc2c1C1CNCCN1C. The van der Waals surface area contributed by atoms with Crippen LogP contribution >= 0.6 is 15.9 Å². The summed E-state index contributed by atoms with van der Waals surface area (Å²) in [7, 11) is 2.21. The molecule has 0 bridgehead atoms. The molecule has 1 aliphatic heterocycles. The van der Waals surface area contributed by atoms with Crippen molar-refractivity contribution in [3.8, 4) is 0 Å². The molecule has 96 valence electrons. The van der Waals surface area contributed by atoms with Crippen molar-refractivity contribution < 1.29 is 0 Å². The van der Waals surface area contributed by atoms with Crippen LogP contribution in [0, 0.1) is 6.92 Å². The van der Waals surface area contributed by atoms with Crippen molar-refractivity contribution in [2.45, 2.75) is 13.0 Å². The average Bonchev–Trinajstić information content (AvgIpc) is 2.65. The van der Waals surface area contributed by atoms with Gasteiger partial charge in [-0.05, 0) is 31.7 Å². The van der Waals surface area contributed by atoms with Crippen LogP contribution in [0.3, 0.4) is 0 Å². The fraction of sp³-hybridized carbons (Fsp3) is 0.429. The van der Waals surface area contributed by atoms with Gasteiger partial charge >= 0.3 is 0 Å². The number of hydrogen-bond acceptors (Lipinski definition) is 2. The fourth-order valence-electron chi connectivity index (χ4n) is 2.88. The highest BCUT2D eigenvalue weighted by Gasteiger charge is 2.24. The molecule has 0 aliphatic carbocycles. The Labute approximate surface area is 116 Å². The molecule has 1 aromatic carbocycles. The number of halogens is 1. The van der Waals surface area contributed by atoms with Gasteiger partial charge in [-0.3, -0.25) is 4.90 Å². The maximum atomic E-state index is 3.53. The lowest BCUT2D eigenvalue weighted by molar-refractivity contribution is 0.203. The molecule has 3 nitrogen and oxygen atoms in total. The lowest BCUT2D eigenvalue weighted by Crippen LogP contribution is -2.43. The molecule has 0 amide bonds. The van der Waals surface area contributed by atoms with Crippen molar-refractivity contribution in [3.63, 3.8) is 0 Å². The maximum absolute atomic E-state index is 3.53. The van der Waals surface area contributed by atoms with E-state index in [2.05, 4.69) is 63.3 Å². The van der Waals surface area contributed by atoms with E-state index < -0.39 is 0 Å². The first kappa shape index (κ1) is 12.2. The Kier molecular flexibility index (Phi) is 3.18. The third-order valence-electron chi connectivity index (χ3n) is 3.84. The molecular weight excluding hydrogens is 290 g/mol. The van der Waals surface area contributed by atoms with E-state index in [1.807, 2.05) is 0 Å². The van der Waals surface area contributed by atoms with Crippen molar-refractivity contribution >= 4 is 26.8 Å². The van der Waals surface area contributed by atoms with Crippen molar-refractivity contribution in [1.82, 2.24) is 15.2 Å². The van der Waals surface area contributed by atoms with Gasteiger partial charge in [-0.2, -0.15) is 0 Å². The lowest BCUT2D eigenvalue weighted by Gasteiger charge is -2.33. The number of aryl methyl sites for hydroxylation is 1. The second-order valence-electron chi connectivity index (χ2n) is 5.05. The largest absolute Gasteiger partial charge is 0.358 e. The number of H-pyrrole nitrogens is 1. The summed E-state index contributed by atoms with van der Waals surface area (Å²) in [6.07, 6.45) is 0. The van der Waals surface area contributed by atoms with Gasteiger partial charge in [0.15, 0.2) is 0 Å². The summed E-state index contributed by atoms with van der Waals surface area (Å²) in [6, 6.07) is 6.95. The van der Waals surface area contributed by atoms with Gasteiger partial charge in [-0.25, -0.2) is 0 Å². The van der Waals surface area contributed by atoms with Crippen LogP contribution < -0.4 is 5.32 Å². The molecule has 1 aliphatic rings. The first-order valence-corrected chi connectivity index (χ1v) is 7.15. The Morgan fingerprint density at radius 3 is 3.00 bits per heavy atom. The van der Waals surface area contributed by atoms with E-state index in [1.165, 1.54) is 22.2 Å². The van der Waals surface area contributed by atoms with Gasteiger partial charge in [0.05, 0.1) is 0 Å². The van der Waals surface area contributed by atoms with Crippen LogP contribution in [0.5, 0.6) is 0 Å². The lowest BCUT2D eigenvalue weighted by atomic mass is 10.0. The molecular formula is C14H18BrN3. The fourth-order valence-corrected chi connectivity index (χ4v) is 3.24. The minimum absolute atomic E-state index is 0.466. The smallest absolute Gasteiger partial charge is 0.0494 e. The topological polar surface area (TPSA) is 31.1 Å². The molecule has 0 radical (unpaired) electrons. The average molecular weight is 308 g/mol. The highest BCUT2D eigenvalue weighted by Crippen LogP contribution is 2.32. The number of nitrogens with one attached hydrogen (secondary N) is 2. The standard InChI is InChI=1S/C14H18BrN3/c1-9-14(13-8-16-5-6-18(13)2)11-4-3-10(15)7-12(11)17-9/h3-4,7,13,16-17H,5-6,8H2,1-2H3. The van der Waals surface area contributed by atoms with Crippen LogP contribution in [0.25, 0.3) is 10.9 Å². The monoisotopic (exact) mass is 307 g/mol. The predicted molar refractivity (Wildman–Crippen MR) is 79.0 cm³/mol. The number of piperazine rings is 1. The zero-order chi connectivity index (χ0) is 12.7. The van der Waals surface area contributed by atoms with Crippen LogP contribution in [0.2, 0.25) is 0 Å². The van der Waals surface area contributed by atoms with Crippen molar-refractivity contribution in [1.29, 1.82) is 0 Å². The molecule has 3 rings (SSSR count). The Morgan fingerprint density at radius 2 is 2.22 bits per heavy atom. The summed E-state index contributed by atoms with van der Waals surface area (Å²) >= 11 is 3.53. The molecule has 18 heavy (non-hydrogen) atoms. The van der Waals surface area contributed by atoms with Crippen LogP contribution in [0.1, 0.15) is 17.3 Å². The molecule has 2 heterocycles. The van der Waals surface area contributed by atoms with Crippen molar-refractivity contribution in [2.24, 2.45) is 0 Å². The van der Waals surface area contributed by atoms with Crippen LogP contribution in [-0.2, 0) is 0 Å². The molecule has 1 atom stereocenters. The number of nitrogens with zero attached hydrogens (tertiary/aromatic N) is 1. The second kappa shape index (κ2) is 4.68. The summed E-state index contributed by atoms with van der Waals surface area (Å²) in [4.78, 5) is 5.94. The molecule has 1 unspecified atom stereocenters. The number of hydrogen-bond donors (Lipinski definition) is 2. The van der Waals surface area contributed by atoms with E-state index in [9.17, 15) is 0 Å². The van der Waals surface area contributed by atoms with E-state index >= 15 is 0 Å². The van der Waals surface area contributed by atoms with Crippen LogP contribution in [-0.4, -0.2) is 36.6 Å².